The quantitative estimate of drug-likeness (QED) is 0.462. The minimum Gasteiger partial charge on any atom is -0.467 e. The molecule has 0 fully saturated rings. The van der Waals surface area contributed by atoms with Crippen LogP contribution in [0.4, 0.5) is 5.69 Å². The van der Waals surface area contributed by atoms with Crippen LogP contribution in [0.25, 0.3) is 0 Å². The Morgan fingerprint density at radius 1 is 1.14 bits per heavy atom. The number of furan rings is 1. The maximum atomic E-state index is 6.06. The summed E-state index contributed by atoms with van der Waals surface area (Å²) in [6.07, 6.45) is 1.67. The van der Waals surface area contributed by atoms with Crippen LogP contribution in [-0.4, -0.2) is 0 Å². The molecule has 6 heteroatoms. The minimum absolute atomic E-state index is 0.0767. The van der Waals surface area contributed by atoms with Crippen LogP contribution in [-0.2, 0) is 0 Å². The molecule has 2 heterocycles. The van der Waals surface area contributed by atoms with Crippen LogP contribution in [0.3, 0.4) is 0 Å². The molecule has 1 unspecified atom stereocenters. The maximum Gasteiger partial charge on any atom is 0.131 e. The Morgan fingerprint density at radius 2 is 2.00 bits per heavy atom. The summed E-state index contributed by atoms with van der Waals surface area (Å²) in [4.78, 5) is 1.10. The van der Waals surface area contributed by atoms with E-state index in [-0.39, 0.29) is 6.04 Å². The number of rotatable bonds is 4. The van der Waals surface area contributed by atoms with E-state index in [9.17, 15) is 0 Å². The van der Waals surface area contributed by atoms with Gasteiger partial charge in [0.25, 0.3) is 0 Å². The zero-order valence-electron chi connectivity index (χ0n) is 10.6. The lowest BCUT2D eigenvalue weighted by molar-refractivity contribution is 0.500. The molecule has 0 amide bonds. The van der Waals surface area contributed by atoms with Crippen LogP contribution >= 0.6 is 57.1 Å². The number of hydrogen-bond acceptors (Lipinski definition) is 3. The van der Waals surface area contributed by atoms with Crippen molar-refractivity contribution in [3.63, 3.8) is 0 Å². The van der Waals surface area contributed by atoms with Gasteiger partial charge in [0.1, 0.15) is 11.8 Å². The Bertz CT molecular complexity index is 742. The van der Waals surface area contributed by atoms with E-state index in [1.165, 1.54) is 11.3 Å². The van der Waals surface area contributed by atoms with Gasteiger partial charge in [-0.3, -0.25) is 0 Å². The molecule has 21 heavy (non-hydrogen) atoms. The molecule has 1 atom stereocenters. The molecule has 0 radical (unpaired) electrons. The molecule has 1 aromatic carbocycles. The topological polar surface area (TPSA) is 25.2 Å². The molecule has 1 N–H and O–H groups in total. The highest BCUT2D eigenvalue weighted by Gasteiger charge is 2.19. The third-order valence-electron chi connectivity index (χ3n) is 2.94. The van der Waals surface area contributed by atoms with Crippen molar-refractivity contribution >= 4 is 62.8 Å². The summed E-state index contributed by atoms with van der Waals surface area (Å²) in [5, 5.41) is 4.22. The van der Waals surface area contributed by atoms with Gasteiger partial charge in [-0.1, -0.05) is 23.2 Å². The van der Waals surface area contributed by atoms with Crippen molar-refractivity contribution in [2.45, 2.75) is 6.04 Å². The van der Waals surface area contributed by atoms with Crippen LogP contribution in [0.1, 0.15) is 16.7 Å². The summed E-state index contributed by atoms with van der Waals surface area (Å²) >= 11 is 15.9. The molecule has 0 aliphatic carbocycles. The van der Waals surface area contributed by atoms with Crippen molar-refractivity contribution in [2.24, 2.45) is 0 Å². The average molecular weight is 450 g/mol. The molecule has 108 valence electrons. The number of anilines is 1. The van der Waals surface area contributed by atoms with Gasteiger partial charge in [0.15, 0.2) is 0 Å². The second-order valence-electron chi connectivity index (χ2n) is 4.36. The van der Waals surface area contributed by atoms with Crippen molar-refractivity contribution in [1.82, 2.24) is 0 Å². The third kappa shape index (κ3) is 3.56. The van der Waals surface area contributed by atoms with E-state index in [4.69, 9.17) is 27.6 Å². The Morgan fingerprint density at radius 3 is 2.62 bits per heavy atom. The van der Waals surface area contributed by atoms with Crippen molar-refractivity contribution in [2.75, 3.05) is 5.32 Å². The van der Waals surface area contributed by atoms with E-state index in [0.29, 0.717) is 0 Å². The monoisotopic (exact) mass is 449 g/mol. The van der Waals surface area contributed by atoms with Gasteiger partial charge in [0.2, 0.25) is 0 Å². The molecule has 0 aliphatic heterocycles. The zero-order chi connectivity index (χ0) is 14.8. The van der Waals surface area contributed by atoms with Crippen LogP contribution in [0, 0.1) is 3.57 Å². The number of benzene rings is 1. The van der Waals surface area contributed by atoms with Gasteiger partial charge in [-0.2, -0.15) is 0 Å². The fraction of sp³-hybridized carbons (Fsp3) is 0.0667. The summed E-state index contributed by atoms with van der Waals surface area (Å²) in [5.41, 5.74) is 1.01. The van der Waals surface area contributed by atoms with Gasteiger partial charge >= 0.3 is 0 Å². The molecule has 0 bridgehead atoms. The summed E-state index contributed by atoms with van der Waals surface area (Å²) < 4.78 is 7.38. The molecule has 3 aromatic rings. The van der Waals surface area contributed by atoms with Gasteiger partial charge in [-0.15, -0.1) is 11.3 Å². The van der Waals surface area contributed by atoms with Crippen molar-refractivity contribution in [3.8, 4) is 0 Å². The summed E-state index contributed by atoms with van der Waals surface area (Å²) in [5.74, 6) is 0.847. The van der Waals surface area contributed by atoms with Crippen LogP contribution in [0.15, 0.2) is 53.1 Å². The van der Waals surface area contributed by atoms with E-state index < -0.39 is 0 Å². The van der Waals surface area contributed by atoms with Gasteiger partial charge in [-0.05, 0) is 65.1 Å². The van der Waals surface area contributed by atoms with E-state index in [1.54, 1.807) is 6.26 Å². The summed E-state index contributed by atoms with van der Waals surface area (Å²) in [6.45, 7) is 0. The molecular weight excluding hydrogens is 440 g/mol. The van der Waals surface area contributed by atoms with Crippen molar-refractivity contribution < 1.29 is 4.42 Å². The number of thiophene rings is 1. The minimum atomic E-state index is -0.0767. The highest BCUT2D eigenvalue weighted by Crippen LogP contribution is 2.35. The van der Waals surface area contributed by atoms with Gasteiger partial charge < -0.3 is 9.73 Å². The largest absolute Gasteiger partial charge is 0.467 e. The Balaban J connectivity index is 1.96. The second kappa shape index (κ2) is 6.60. The number of halogens is 3. The molecular formula is C15H10Cl2INOS. The SMILES string of the molecule is Clc1ccc(NC(c2ccco2)c2ccc(Cl)s2)c(I)c1. The van der Waals surface area contributed by atoms with Crippen LogP contribution in [0.5, 0.6) is 0 Å². The fourth-order valence-corrected chi connectivity index (χ4v) is 4.13. The molecule has 0 saturated carbocycles. The van der Waals surface area contributed by atoms with Crippen molar-refractivity contribution in [1.29, 1.82) is 0 Å². The number of nitrogens with one attached hydrogen (secondary N) is 1. The van der Waals surface area contributed by atoms with E-state index in [2.05, 4.69) is 27.9 Å². The molecule has 3 rings (SSSR count). The lowest BCUT2D eigenvalue weighted by Crippen LogP contribution is -2.11. The standard InChI is InChI=1S/C15H10Cl2INOS/c16-9-3-4-11(10(18)8-9)19-15(12-2-1-7-20-12)13-5-6-14(17)21-13/h1-8,15,19H. The maximum absolute atomic E-state index is 6.06. The fourth-order valence-electron chi connectivity index (χ4n) is 1.98. The van der Waals surface area contributed by atoms with E-state index in [1.807, 2.05) is 42.5 Å². The molecule has 0 spiro atoms. The first-order valence-corrected chi connectivity index (χ1v) is 8.79. The van der Waals surface area contributed by atoms with Crippen LogP contribution < -0.4 is 5.32 Å². The lowest BCUT2D eigenvalue weighted by Gasteiger charge is -2.18. The van der Waals surface area contributed by atoms with Gasteiger partial charge in [0.05, 0.1) is 10.6 Å². The molecule has 0 aliphatic rings. The number of hydrogen-bond donors (Lipinski definition) is 1. The second-order valence-corrected chi connectivity index (χ2v) is 7.70. The van der Waals surface area contributed by atoms with E-state index in [0.717, 1.165) is 29.3 Å². The first kappa shape index (κ1) is 15.2. The molecule has 0 saturated heterocycles. The van der Waals surface area contributed by atoms with Crippen LogP contribution in [0.2, 0.25) is 9.36 Å². The highest BCUT2D eigenvalue weighted by atomic mass is 127. The average Bonchev–Trinajstić information content (AvgIpc) is 3.09. The summed E-state index contributed by atoms with van der Waals surface area (Å²) in [7, 11) is 0. The smallest absolute Gasteiger partial charge is 0.131 e. The Hall–Kier alpha value is -0.690. The predicted molar refractivity (Wildman–Crippen MR) is 97.7 cm³/mol. The Labute approximate surface area is 150 Å². The lowest BCUT2D eigenvalue weighted by atomic mass is 10.1. The third-order valence-corrected chi connectivity index (χ3v) is 5.36. The van der Waals surface area contributed by atoms with Crippen molar-refractivity contribution in [3.05, 3.63) is 72.3 Å². The predicted octanol–water partition coefficient (Wildman–Crippen LogP) is 6.45. The Kier molecular flexibility index (Phi) is 4.78. The first-order valence-electron chi connectivity index (χ1n) is 6.14. The molecule has 2 aromatic heterocycles. The van der Waals surface area contributed by atoms with Gasteiger partial charge in [0, 0.05) is 19.2 Å². The highest BCUT2D eigenvalue weighted by molar-refractivity contribution is 14.1. The molecule has 2 nitrogen and oxygen atoms in total. The van der Waals surface area contributed by atoms with E-state index >= 15 is 0 Å². The zero-order valence-corrected chi connectivity index (χ0v) is 15.1. The van der Waals surface area contributed by atoms with Gasteiger partial charge in [-0.25, -0.2) is 0 Å². The normalized spacial score (nSPS) is 12.3. The summed E-state index contributed by atoms with van der Waals surface area (Å²) in [6, 6.07) is 13.4. The first-order chi connectivity index (χ1) is 10.1.